The first-order chi connectivity index (χ1) is 18.8. The molecular formula is C27H32N4O9. The summed E-state index contributed by atoms with van der Waals surface area (Å²) < 4.78 is 0. The molecule has 4 aliphatic rings. The molecule has 1 saturated carbocycles. The number of anilines is 1. The molecule has 2 amide bonds. The van der Waals surface area contributed by atoms with Crippen LogP contribution < -0.4 is 16.5 Å². The Morgan fingerprint density at radius 1 is 1.18 bits per heavy atom. The van der Waals surface area contributed by atoms with Gasteiger partial charge in [0.1, 0.15) is 23.6 Å². The maximum atomic E-state index is 13.7. The van der Waals surface area contributed by atoms with Crippen molar-refractivity contribution >= 4 is 29.1 Å². The Bertz CT molecular complexity index is 1400. The number of aromatic hydroxyl groups is 1. The number of nitrogens with two attached hydrogens (primary N) is 1. The van der Waals surface area contributed by atoms with Crippen LogP contribution in [0.25, 0.3) is 0 Å². The predicted molar refractivity (Wildman–Crippen MR) is 139 cm³/mol. The van der Waals surface area contributed by atoms with Crippen LogP contribution in [0.1, 0.15) is 35.7 Å². The van der Waals surface area contributed by atoms with Crippen molar-refractivity contribution in [1.29, 1.82) is 0 Å². The monoisotopic (exact) mass is 556 g/mol. The molecule has 6 atom stereocenters. The van der Waals surface area contributed by atoms with Crippen LogP contribution in [0, 0.1) is 17.8 Å². The van der Waals surface area contributed by atoms with E-state index >= 15 is 0 Å². The minimum absolute atomic E-state index is 0.00368. The summed E-state index contributed by atoms with van der Waals surface area (Å²) >= 11 is 0. The number of phenols is 1. The molecular weight excluding hydrogens is 524 g/mol. The molecule has 214 valence electrons. The number of hydrogen-bond acceptors (Lipinski definition) is 11. The van der Waals surface area contributed by atoms with Gasteiger partial charge in [-0.05, 0) is 56.8 Å². The molecule has 4 aliphatic carbocycles. The number of benzene rings is 1. The van der Waals surface area contributed by atoms with Crippen LogP contribution in [0.5, 0.6) is 5.75 Å². The second-order valence-electron chi connectivity index (χ2n) is 11.2. The van der Waals surface area contributed by atoms with E-state index in [1.54, 1.807) is 20.2 Å². The molecule has 1 fully saturated rings. The SMILES string of the molecule is CC1CC1ONCC(=O)Nc1ccc2c(c1O)C(=O)C1=C(O)C3(O)C(=O)C(C(N)=O)=C(O)[C@@H](N(C)C)C3CC1C2. The molecule has 40 heavy (non-hydrogen) atoms. The molecule has 0 aromatic heterocycles. The second-order valence-corrected chi connectivity index (χ2v) is 11.2. The Morgan fingerprint density at radius 3 is 2.45 bits per heavy atom. The number of phenolic OH excluding ortho intramolecular Hbond substituents is 1. The molecule has 0 heterocycles. The van der Waals surface area contributed by atoms with Gasteiger partial charge >= 0.3 is 0 Å². The first-order valence-electron chi connectivity index (χ1n) is 13.0. The van der Waals surface area contributed by atoms with E-state index in [2.05, 4.69) is 10.8 Å². The lowest BCUT2D eigenvalue weighted by atomic mass is 9.58. The van der Waals surface area contributed by atoms with Crippen LogP contribution in [-0.4, -0.2) is 87.1 Å². The van der Waals surface area contributed by atoms with Gasteiger partial charge in [-0.3, -0.25) is 28.9 Å². The van der Waals surface area contributed by atoms with Gasteiger partial charge in [0.15, 0.2) is 17.1 Å². The lowest BCUT2D eigenvalue weighted by molar-refractivity contribution is -0.148. The Labute approximate surface area is 229 Å². The van der Waals surface area contributed by atoms with Gasteiger partial charge in [0.2, 0.25) is 11.7 Å². The van der Waals surface area contributed by atoms with Gasteiger partial charge in [0.05, 0.1) is 23.4 Å². The van der Waals surface area contributed by atoms with Crippen molar-refractivity contribution in [2.24, 2.45) is 23.5 Å². The van der Waals surface area contributed by atoms with E-state index in [4.69, 9.17) is 10.6 Å². The minimum Gasteiger partial charge on any atom is -0.510 e. The predicted octanol–water partition coefficient (Wildman–Crippen LogP) is -0.0113. The highest BCUT2D eigenvalue weighted by Gasteiger charge is 2.63. The molecule has 0 aliphatic heterocycles. The van der Waals surface area contributed by atoms with Crippen LogP contribution in [0.3, 0.4) is 0 Å². The third kappa shape index (κ3) is 4.17. The number of aliphatic hydroxyl groups excluding tert-OH is 2. The van der Waals surface area contributed by atoms with Crippen LogP contribution in [0.15, 0.2) is 34.8 Å². The molecule has 1 aromatic carbocycles. The molecule has 5 unspecified atom stereocenters. The van der Waals surface area contributed by atoms with Gasteiger partial charge in [-0.25, -0.2) is 0 Å². The smallest absolute Gasteiger partial charge is 0.255 e. The number of Topliss-reactive ketones (excluding diaryl/α,β-unsaturated/α-hetero) is 2. The van der Waals surface area contributed by atoms with Crippen molar-refractivity contribution in [2.75, 3.05) is 26.0 Å². The highest BCUT2D eigenvalue weighted by Crippen LogP contribution is 2.52. The van der Waals surface area contributed by atoms with Crippen molar-refractivity contribution in [3.63, 3.8) is 0 Å². The van der Waals surface area contributed by atoms with Gasteiger partial charge in [-0.1, -0.05) is 13.0 Å². The zero-order valence-electron chi connectivity index (χ0n) is 22.2. The standard InChI is InChI=1S/C27H32N4O9/c1-10-6-15(10)40-29-9-16(32)30-14-5-4-11-7-12-8-13-20(31(2)3)23(35)19(26(28)38)25(37)27(13,39)24(36)18(12)22(34)17(11)21(14)33/h4-5,10,12-13,15,20,29,33,35-36,39H,6-9H2,1-3H3,(H2,28,38)(H,30,32)/t10?,12?,13?,15?,20-,27?/m0/s1. The zero-order chi connectivity index (χ0) is 29.3. The zero-order valence-corrected chi connectivity index (χ0v) is 22.2. The molecule has 0 spiro atoms. The number of likely N-dealkylation sites (N-methyl/N-ethyl adjacent to an activating group) is 1. The number of ketones is 2. The van der Waals surface area contributed by atoms with Crippen LogP contribution in [0.2, 0.25) is 0 Å². The summed E-state index contributed by atoms with van der Waals surface area (Å²) in [5, 5.41) is 47.2. The number of aliphatic hydroxyl groups is 3. The quantitative estimate of drug-likeness (QED) is 0.135. The number of nitrogens with one attached hydrogen (secondary N) is 2. The number of fused-ring (bicyclic) bond motifs is 3. The number of hydrogen-bond donors (Lipinski definition) is 7. The number of allylic oxidation sites excluding steroid dienone is 1. The van der Waals surface area contributed by atoms with Gasteiger partial charge in [-0.2, -0.15) is 5.48 Å². The van der Waals surface area contributed by atoms with Crippen molar-refractivity contribution in [1.82, 2.24) is 10.4 Å². The number of carbonyl (C=O) groups is 4. The van der Waals surface area contributed by atoms with E-state index < -0.39 is 69.7 Å². The van der Waals surface area contributed by atoms with E-state index in [1.807, 2.05) is 6.92 Å². The molecule has 13 nitrogen and oxygen atoms in total. The second kappa shape index (κ2) is 9.70. The van der Waals surface area contributed by atoms with Gasteiger partial charge in [0.25, 0.3) is 5.91 Å². The highest BCUT2D eigenvalue weighted by atomic mass is 16.7. The van der Waals surface area contributed by atoms with E-state index in [1.165, 1.54) is 11.0 Å². The van der Waals surface area contributed by atoms with E-state index in [0.29, 0.717) is 11.5 Å². The Hall–Kier alpha value is -3.78. The minimum atomic E-state index is -2.71. The molecule has 5 rings (SSSR count). The normalized spacial score (nSPS) is 31.1. The Kier molecular flexibility index (Phi) is 6.73. The third-order valence-corrected chi connectivity index (χ3v) is 8.37. The van der Waals surface area contributed by atoms with Crippen LogP contribution >= 0.6 is 0 Å². The van der Waals surface area contributed by atoms with Gasteiger partial charge in [-0.15, -0.1) is 0 Å². The van der Waals surface area contributed by atoms with Gasteiger partial charge in [0, 0.05) is 11.5 Å². The number of amides is 2. The van der Waals surface area contributed by atoms with Crippen molar-refractivity contribution in [3.05, 3.63) is 45.9 Å². The third-order valence-electron chi connectivity index (χ3n) is 8.37. The molecule has 1 aromatic rings. The highest BCUT2D eigenvalue weighted by molar-refractivity contribution is 6.25. The summed E-state index contributed by atoms with van der Waals surface area (Å²) in [5.41, 5.74) is 4.27. The Morgan fingerprint density at radius 2 is 1.85 bits per heavy atom. The largest absolute Gasteiger partial charge is 0.510 e. The summed E-state index contributed by atoms with van der Waals surface area (Å²) in [5.74, 6) is -7.41. The number of carbonyl (C=O) groups excluding carboxylic acids is 4. The Balaban J connectivity index is 1.49. The molecule has 0 saturated heterocycles. The summed E-state index contributed by atoms with van der Waals surface area (Å²) in [6, 6.07) is 1.97. The average Bonchev–Trinajstić information content (AvgIpc) is 3.57. The average molecular weight is 557 g/mol. The summed E-state index contributed by atoms with van der Waals surface area (Å²) in [7, 11) is 3.13. The maximum absolute atomic E-state index is 13.7. The van der Waals surface area contributed by atoms with E-state index in [9.17, 15) is 39.6 Å². The fourth-order valence-electron chi connectivity index (χ4n) is 6.19. The van der Waals surface area contributed by atoms with Crippen LogP contribution in [-0.2, 0) is 25.6 Å². The summed E-state index contributed by atoms with van der Waals surface area (Å²) in [6.07, 6.45) is 1.09. The van der Waals surface area contributed by atoms with Crippen LogP contribution in [0.4, 0.5) is 5.69 Å². The molecule has 8 N–H and O–H groups in total. The van der Waals surface area contributed by atoms with E-state index in [0.717, 1.165) is 6.42 Å². The first-order valence-corrected chi connectivity index (χ1v) is 13.0. The molecule has 13 heteroatoms. The fraction of sp³-hybridized carbons (Fsp3) is 0.481. The van der Waals surface area contributed by atoms with Crippen molar-refractivity contribution in [3.8, 4) is 5.75 Å². The number of nitrogens with zero attached hydrogens (tertiary/aromatic N) is 1. The molecule has 0 radical (unpaired) electrons. The van der Waals surface area contributed by atoms with E-state index in [-0.39, 0.29) is 42.3 Å². The number of rotatable bonds is 7. The maximum Gasteiger partial charge on any atom is 0.255 e. The lowest BCUT2D eigenvalue weighted by Gasteiger charge is -2.50. The fourth-order valence-corrected chi connectivity index (χ4v) is 6.19. The topological polar surface area (TPSA) is 212 Å². The first kappa shape index (κ1) is 27.8. The van der Waals surface area contributed by atoms with Crippen molar-refractivity contribution < 1.29 is 44.4 Å². The molecule has 0 bridgehead atoms. The lowest BCUT2D eigenvalue weighted by Crippen LogP contribution is -2.63. The summed E-state index contributed by atoms with van der Waals surface area (Å²) in [4.78, 5) is 58.3. The number of primary amides is 1. The van der Waals surface area contributed by atoms with Crippen molar-refractivity contribution in [2.45, 2.75) is 43.9 Å². The van der Waals surface area contributed by atoms with Gasteiger partial charge < -0.3 is 31.5 Å². The summed E-state index contributed by atoms with van der Waals surface area (Å²) in [6.45, 7) is 1.81. The number of hydroxylamine groups is 1.